The quantitative estimate of drug-likeness (QED) is 0.400. The summed E-state index contributed by atoms with van der Waals surface area (Å²) in [6.07, 6.45) is 3.44. The maximum Gasteiger partial charge on any atom is 2.00 e. The first-order valence-electron chi connectivity index (χ1n) is 4.74. The van der Waals surface area contributed by atoms with E-state index in [2.05, 4.69) is 0 Å². The Morgan fingerprint density at radius 2 is 1.50 bits per heavy atom. The van der Waals surface area contributed by atoms with Crippen molar-refractivity contribution >= 4 is 30.9 Å². The Kier molecular flexibility index (Phi) is 12.8. The summed E-state index contributed by atoms with van der Waals surface area (Å²) in [5, 5.41) is 0. The molecular formula is C8H21MgO4P. The average molecular weight is 237 g/mol. The second-order valence-corrected chi connectivity index (χ2v) is 4.30. The molecule has 0 fully saturated rings. The predicted octanol–water partition coefficient (Wildman–Crippen LogP) is 2.56. The summed E-state index contributed by atoms with van der Waals surface area (Å²) in [7, 11) is -3.75. The van der Waals surface area contributed by atoms with Crippen molar-refractivity contribution in [3.05, 3.63) is 0 Å². The Hall–Kier alpha value is 0.876. The van der Waals surface area contributed by atoms with Gasteiger partial charge in [0.15, 0.2) is 0 Å². The molecular weight excluding hydrogens is 215 g/mol. The molecule has 0 saturated heterocycles. The zero-order valence-corrected chi connectivity index (χ0v) is 11.4. The van der Waals surface area contributed by atoms with Gasteiger partial charge in [-0.1, -0.05) is 26.7 Å². The molecule has 6 heteroatoms. The SMILES string of the molecule is CCCCOP(=O)(O)OCCCC.[H-].[H-].[Mg+2]. The predicted molar refractivity (Wildman–Crippen MR) is 59.5 cm³/mol. The zero-order chi connectivity index (χ0) is 10.2. The Balaban J connectivity index is -0.000000240. The van der Waals surface area contributed by atoms with E-state index in [4.69, 9.17) is 13.9 Å². The Morgan fingerprint density at radius 3 is 1.79 bits per heavy atom. The maximum atomic E-state index is 11.1. The van der Waals surface area contributed by atoms with E-state index in [0.717, 1.165) is 25.7 Å². The van der Waals surface area contributed by atoms with Crippen molar-refractivity contribution in [3.63, 3.8) is 0 Å². The summed E-state index contributed by atoms with van der Waals surface area (Å²) < 4.78 is 20.5. The Morgan fingerprint density at radius 1 is 1.14 bits per heavy atom. The third-order valence-electron chi connectivity index (χ3n) is 1.50. The Labute approximate surface area is 105 Å². The summed E-state index contributed by atoms with van der Waals surface area (Å²) >= 11 is 0. The molecule has 4 nitrogen and oxygen atoms in total. The van der Waals surface area contributed by atoms with Crippen LogP contribution in [0.1, 0.15) is 42.4 Å². The second kappa shape index (κ2) is 10.4. The van der Waals surface area contributed by atoms with Crippen LogP contribution in [0, 0.1) is 0 Å². The summed E-state index contributed by atoms with van der Waals surface area (Å²) in [6.45, 7) is 4.56. The van der Waals surface area contributed by atoms with E-state index < -0.39 is 7.82 Å². The van der Waals surface area contributed by atoms with Gasteiger partial charge in [0.05, 0.1) is 13.2 Å². The number of hydrogen-bond donors (Lipinski definition) is 1. The van der Waals surface area contributed by atoms with Crippen molar-refractivity contribution in [2.75, 3.05) is 13.2 Å². The minimum absolute atomic E-state index is 0. The molecule has 0 unspecified atom stereocenters. The molecule has 0 aliphatic rings. The molecule has 0 atom stereocenters. The monoisotopic (exact) mass is 236 g/mol. The van der Waals surface area contributed by atoms with Crippen LogP contribution in [-0.2, 0) is 13.6 Å². The van der Waals surface area contributed by atoms with Crippen LogP contribution in [0.25, 0.3) is 0 Å². The van der Waals surface area contributed by atoms with Gasteiger partial charge in [0.2, 0.25) is 0 Å². The summed E-state index contributed by atoms with van der Waals surface area (Å²) in [4.78, 5) is 9.08. The van der Waals surface area contributed by atoms with Crippen LogP contribution in [0.15, 0.2) is 0 Å². The van der Waals surface area contributed by atoms with Crippen LogP contribution >= 0.6 is 7.82 Å². The molecule has 0 bridgehead atoms. The molecule has 0 rings (SSSR count). The van der Waals surface area contributed by atoms with Gasteiger partial charge in [0, 0.05) is 0 Å². The van der Waals surface area contributed by atoms with Gasteiger partial charge in [0.25, 0.3) is 0 Å². The molecule has 0 aromatic rings. The third kappa shape index (κ3) is 11.0. The van der Waals surface area contributed by atoms with E-state index in [9.17, 15) is 4.57 Å². The molecule has 1 N–H and O–H groups in total. The minimum atomic E-state index is -3.75. The van der Waals surface area contributed by atoms with Crippen molar-refractivity contribution in [3.8, 4) is 0 Å². The van der Waals surface area contributed by atoms with E-state index in [0.29, 0.717) is 0 Å². The first kappa shape index (κ1) is 17.3. The molecule has 0 aromatic heterocycles. The molecule has 0 radical (unpaired) electrons. The van der Waals surface area contributed by atoms with Crippen molar-refractivity contribution in [2.24, 2.45) is 0 Å². The smallest absolute Gasteiger partial charge is 1.00 e. The maximum absolute atomic E-state index is 11.1. The van der Waals surface area contributed by atoms with E-state index in [-0.39, 0.29) is 39.1 Å². The minimum Gasteiger partial charge on any atom is -1.00 e. The van der Waals surface area contributed by atoms with E-state index in [1.54, 1.807) is 0 Å². The summed E-state index contributed by atoms with van der Waals surface area (Å²) in [5.41, 5.74) is 0. The molecule has 0 saturated carbocycles. The fourth-order valence-corrected chi connectivity index (χ4v) is 1.48. The number of hydrogen-bond acceptors (Lipinski definition) is 3. The number of unbranched alkanes of at least 4 members (excludes halogenated alkanes) is 2. The first-order valence-corrected chi connectivity index (χ1v) is 6.23. The van der Waals surface area contributed by atoms with Crippen LogP contribution in [0.2, 0.25) is 0 Å². The van der Waals surface area contributed by atoms with Gasteiger partial charge < -0.3 is 7.75 Å². The van der Waals surface area contributed by atoms with Crippen LogP contribution < -0.4 is 0 Å². The van der Waals surface area contributed by atoms with Gasteiger partial charge in [-0.2, -0.15) is 0 Å². The average Bonchev–Trinajstić information content (AvgIpc) is 2.05. The van der Waals surface area contributed by atoms with Crippen LogP contribution in [-0.4, -0.2) is 41.2 Å². The fourth-order valence-electron chi connectivity index (χ4n) is 0.686. The van der Waals surface area contributed by atoms with Crippen molar-refractivity contribution in [1.82, 2.24) is 0 Å². The van der Waals surface area contributed by atoms with Gasteiger partial charge >= 0.3 is 30.9 Å². The van der Waals surface area contributed by atoms with Gasteiger partial charge in [-0.25, -0.2) is 4.57 Å². The fraction of sp³-hybridized carbons (Fsp3) is 1.00. The summed E-state index contributed by atoms with van der Waals surface area (Å²) in [5.74, 6) is 0. The van der Waals surface area contributed by atoms with Crippen LogP contribution in [0.5, 0.6) is 0 Å². The number of phosphoric acid groups is 1. The molecule has 84 valence electrons. The van der Waals surface area contributed by atoms with Crippen molar-refractivity contribution in [1.29, 1.82) is 0 Å². The molecule has 0 heterocycles. The van der Waals surface area contributed by atoms with E-state index in [1.165, 1.54) is 0 Å². The molecule has 0 amide bonds. The van der Waals surface area contributed by atoms with Crippen LogP contribution in [0.4, 0.5) is 0 Å². The molecule has 14 heavy (non-hydrogen) atoms. The van der Waals surface area contributed by atoms with Crippen molar-refractivity contribution < 1.29 is 21.4 Å². The molecule has 0 aliphatic heterocycles. The van der Waals surface area contributed by atoms with Gasteiger partial charge in [0.1, 0.15) is 0 Å². The molecule has 0 spiro atoms. The van der Waals surface area contributed by atoms with Gasteiger partial charge in [-0.15, -0.1) is 0 Å². The zero-order valence-electron chi connectivity index (χ0n) is 11.1. The van der Waals surface area contributed by atoms with Gasteiger partial charge in [-0.3, -0.25) is 9.05 Å². The summed E-state index contributed by atoms with van der Waals surface area (Å²) in [6, 6.07) is 0. The van der Waals surface area contributed by atoms with Crippen molar-refractivity contribution in [2.45, 2.75) is 39.5 Å². The number of rotatable bonds is 8. The number of phosphoric ester groups is 1. The largest absolute Gasteiger partial charge is 2.00 e. The van der Waals surface area contributed by atoms with E-state index in [1.807, 2.05) is 13.8 Å². The molecule has 0 aromatic carbocycles. The third-order valence-corrected chi connectivity index (χ3v) is 2.52. The molecule has 0 aliphatic carbocycles. The first-order chi connectivity index (χ1) is 6.12. The normalized spacial score (nSPS) is 11.1. The van der Waals surface area contributed by atoms with Gasteiger partial charge in [-0.05, 0) is 12.8 Å². The second-order valence-electron chi connectivity index (χ2n) is 2.84. The topological polar surface area (TPSA) is 55.8 Å². The Bertz CT molecular complexity index is 160. The standard InChI is InChI=1S/C8H19O4P.Mg.2H/c1-3-5-7-11-13(9,10)12-8-6-4-2;;;/h3-8H2,1-2H3,(H,9,10);;;/q;+2;2*-1. The van der Waals surface area contributed by atoms with Crippen LogP contribution in [0.3, 0.4) is 0 Å². The van der Waals surface area contributed by atoms with E-state index >= 15 is 0 Å².